The molecule has 0 radical (unpaired) electrons. The molecule has 1 aromatic carbocycles. The van der Waals surface area contributed by atoms with Crippen molar-refractivity contribution in [3.05, 3.63) is 48.4 Å². The highest BCUT2D eigenvalue weighted by atomic mass is 16.2. The van der Waals surface area contributed by atoms with Crippen molar-refractivity contribution >= 4 is 28.9 Å². The molecule has 4 amide bonds. The topological polar surface area (TPSA) is 123 Å². The van der Waals surface area contributed by atoms with E-state index in [-0.39, 0.29) is 29.8 Å². The minimum atomic E-state index is -0.464. The molecule has 1 aliphatic rings. The summed E-state index contributed by atoms with van der Waals surface area (Å²) in [7, 11) is 1.71. The molecule has 1 fully saturated rings. The molecule has 3 aromatic rings. The quantitative estimate of drug-likeness (QED) is 0.313. The lowest BCUT2D eigenvalue weighted by Crippen LogP contribution is -2.51. The van der Waals surface area contributed by atoms with Gasteiger partial charge in [0.2, 0.25) is 11.8 Å². The van der Waals surface area contributed by atoms with E-state index in [1.54, 1.807) is 18.1 Å². The second-order valence-electron chi connectivity index (χ2n) is 11.1. The zero-order chi connectivity index (χ0) is 29.5. The molecule has 0 spiro atoms. The van der Waals surface area contributed by atoms with Crippen LogP contribution in [-0.2, 0) is 9.59 Å². The van der Waals surface area contributed by atoms with Crippen molar-refractivity contribution in [1.29, 1.82) is 0 Å². The van der Waals surface area contributed by atoms with Gasteiger partial charge in [0.15, 0.2) is 0 Å². The summed E-state index contributed by atoms with van der Waals surface area (Å²) in [5, 5.41) is 5.59. The van der Waals surface area contributed by atoms with Gasteiger partial charge in [-0.15, -0.1) is 0 Å². The van der Waals surface area contributed by atoms with Crippen LogP contribution in [0.5, 0.6) is 0 Å². The molecule has 3 atom stereocenters. The minimum Gasteiger partial charge on any atom is -0.343 e. The van der Waals surface area contributed by atoms with Crippen LogP contribution in [0.1, 0.15) is 71.7 Å². The van der Waals surface area contributed by atoms with Crippen molar-refractivity contribution in [2.45, 2.75) is 77.9 Å². The maximum Gasteiger partial charge on any atom is 0.324 e. The monoisotopic (exact) mass is 561 g/mol. The van der Waals surface area contributed by atoms with Gasteiger partial charge in [-0.25, -0.2) is 9.78 Å². The van der Waals surface area contributed by atoms with Gasteiger partial charge in [-0.1, -0.05) is 51.1 Å². The Labute approximate surface area is 242 Å². The lowest BCUT2D eigenvalue weighted by Gasteiger charge is -2.31. The predicted molar refractivity (Wildman–Crippen MR) is 160 cm³/mol. The van der Waals surface area contributed by atoms with Gasteiger partial charge in [-0.05, 0) is 51.6 Å². The van der Waals surface area contributed by atoms with Crippen LogP contribution in [0.2, 0.25) is 0 Å². The highest BCUT2D eigenvalue weighted by Crippen LogP contribution is 2.38. The molecular formula is C31H43N7O3. The first kappa shape index (κ1) is 30.2. The largest absolute Gasteiger partial charge is 0.343 e. The number of aromatic amines is 1. The number of hydrogen-bond donors (Lipinski definition) is 3. The summed E-state index contributed by atoms with van der Waals surface area (Å²) in [5.41, 5.74) is 3.31. The Morgan fingerprint density at radius 1 is 1.12 bits per heavy atom. The van der Waals surface area contributed by atoms with Crippen molar-refractivity contribution in [3.8, 4) is 11.3 Å². The number of imidazole rings is 1. The van der Waals surface area contributed by atoms with Gasteiger partial charge in [0.25, 0.3) is 0 Å². The molecule has 0 saturated carbocycles. The smallest absolute Gasteiger partial charge is 0.324 e. The molecule has 41 heavy (non-hydrogen) atoms. The summed E-state index contributed by atoms with van der Waals surface area (Å²) in [6.45, 7) is 9.12. The van der Waals surface area contributed by atoms with Crippen molar-refractivity contribution in [2.75, 3.05) is 20.1 Å². The molecule has 0 aliphatic carbocycles. The third-order valence-corrected chi connectivity index (χ3v) is 7.87. The maximum absolute atomic E-state index is 13.7. The number of carbonyl (C=O) groups is 3. The molecule has 0 bridgehead atoms. The molecule has 1 aliphatic heterocycles. The van der Waals surface area contributed by atoms with Gasteiger partial charge >= 0.3 is 6.03 Å². The number of aromatic nitrogens is 3. The first-order valence-electron chi connectivity index (χ1n) is 14.7. The molecule has 3 heterocycles. The van der Waals surface area contributed by atoms with Crippen LogP contribution in [0.3, 0.4) is 0 Å². The Bertz CT molecular complexity index is 1340. The summed E-state index contributed by atoms with van der Waals surface area (Å²) in [6, 6.07) is 10.4. The second kappa shape index (κ2) is 13.7. The van der Waals surface area contributed by atoms with Crippen molar-refractivity contribution in [1.82, 2.24) is 35.4 Å². The van der Waals surface area contributed by atoms with Gasteiger partial charge in [0.05, 0.1) is 23.3 Å². The predicted octanol–water partition coefficient (Wildman–Crippen LogP) is 4.65. The zero-order valence-electron chi connectivity index (χ0n) is 24.8. The van der Waals surface area contributed by atoms with Crippen LogP contribution < -0.4 is 10.6 Å². The number of pyridine rings is 1. The van der Waals surface area contributed by atoms with Gasteiger partial charge in [-0.2, -0.15) is 0 Å². The Hall–Kier alpha value is -3.79. The molecule has 1 saturated heterocycles. The molecule has 3 unspecified atom stereocenters. The lowest BCUT2D eigenvalue weighted by molar-refractivity contribution is -0.132. The molecule has 3 N–H and O–H groups in total. The van der Waals surface area contributed by atoms with Crippen molar-refractivity contribution in [3.63, 3.8) is 0 Å². The fourth-order valence-corrected chi connectivity index (χ4v) is 5.68. The first-order chi connectivity index (χ1) is 19.8. The summed E-state index contributed by atoms with van der Waals surface area (Å²) in [6.07, 6.45) is 4.87. The fraction of sp³-hybridized carbons (Fsp3) is 0.516. The number of nitrogens with one attached hydrogen (secondary N) is 3. The second-order valence-corrected chi connectivity index (χ2v) is 11.1. The van der Waals surface area contributed by atoms with E-state index in [0.29, 0.717) is 44.6 Å². The average molecular weight is 562 g/mol. The third-order valence-electron chi connectivity index (χ3n) is 7.87. The van der Waals surface area contributed by atoms with Crippen LogP contribution in [0.25, 0.3) is 22.3 Å². The molecule has 10 heteroatoms. The molecular weight excluding hydrogens is 518 g/mol. The number of H-pyrrole nitrogens is 1. The van der Waals surface area contributed by atoms with Crippen molar-refractivity contribution in [2.24, 2.45) is 5.92 Å². The van der Waals surface area contributed by atoms with E-state index in [4.69, 9.17) is 4.98 Å². The lowest BCUT2D eigenvalue weighted by atomic mass is 10.1. The van der Waals surface area contributed by atoms with Gasteiger partial charge < -0.3 is 20.1 Å². The molecule has 4 rings (SSSR count). The summed E-state index contributed by atoms with van der Waals surface area (Å²) < 4.78 is 0. The van der Waals surface area contributed by atoms with Crippen LogP contribution in [0.4, 0.5) is 4.79 Å². The highest BCUT2D eigenvalue weighted by molar-refractivity contribution is 5.97. The van der Waals surface area contributed by atoms with E-state index in [9.17, 15) is 14.4 Å². The standard InChI is InChI=1S/C31H43N7O3/c1-6-23(32-5)30(40)36-31(41)38-22(16-18-37(7-2)26(39)19-20(3)4)13-14-25(38)29-34-24-15-17-33-27(28(24)35-29)21-11-9-8-10-12-21/h8-12,15,17,20,22-23,25,32H,6-7,13-14,16,18-19H2,1-5H3,(H,34,35)(H,36,40,41). The van der Waals surface area contributed by atoms with E-state index in [1.807, 2.05) is 69.0 Å². The normalized spacial score (nSPS) is 17.7. The minimum absolute atomic E-state index is 0.126. The summed E-state index contributed by atoms with van der Waals surface area (Å²) in [4.78, 5) is 56.0. The summed E-state index contributed by atoms with van der Waals surface area (Å²) in [5.74, 6) is 0.718. The van der Waals surface area contributed by atoms with Crippen LogP contribution in [-0.4, -0.2) is 74.8 Å². The first-order valence-corrected chi connectivity index (χ1v) is 14.7. The van der Waals surface area contributed by atoms with E-state index in [1.165, 1.54) is 0 Å². The van der Waals surface area contributed by atoms with Crippen LogP contribution in [0, 0.1) is 5.92 Å². The van der Waals surface area contributed by atoms with Gasteiger partial charge in [-0.3, -0.25) is 19.9 Å². The Morgan fingerprint density at radius 2 is 1.88 bits per heavy atom. The van der Waals surface area contributed by atoms with E-state index < -0.39 is 12.1 Å². The number of likely N-dealkylation sites (tertiary alicyclic amines) is 1. The molecule has 220 valence electrons. The Kier molecular flexibility index (Phi) is 10.1. The zero-order valence-corrected chi connectivity index (χ0v) is 24.8. The van der Waals surface area contributed by atoms with E-state index >= 15 is 0 Å². The van der Waals surface area contributed by atoms with E-state index in [2.05, 4.69) is 20.6 Å². The molecule has 10 nitrogen and oxygen atoms in total. The Morgan fingerprint density at radius 3 is 2.54 bits per heavy atom. The fourth-order valence-electron chi connectivity index (χ4n) is 5.68. The van der Waals surface area contributed by atoms with Gasteiger partial charge in [0.1, 0.15) is 11.3 Å². The van der Waals surface area contributed by atoms with Crippen LogP contribution in [0.15, 0.2) is 42.6 Å². The van der Waals surface area contributed by atoms with Crippen molar-refractivity contribution < 1.29 is 14.4 Å². The number of amides is 4. The number of carbonyl (C=O) groups excluding carboxylic acids is 3. The number of fused-ring (bicyclic) bond motifs is 1. The molecule has 2 aromatic heterocycles. The van der Waals surface area contributed by atoms with Gasteiger partial charge in [0, 0.05) is 37.3 Å². The summed E-state index contributed by atoms with van der Waals surface area (Å²) >= 11 is 0. The number of likely N-dealkylation sites (N-methyl/N-ethyl adjacent to an activating group) is 1. The third kappa shape index (κ3) is 6.93. The van der Waals surface area contributed by atoms with Crippen LogP contribution >= 0.6 is 0 Å². The average Bonchev–Trinajstić information content (AvgIpc) is 3.58. The number of hydrogen-bond acceptors (Lipinski definition) is 6. The Balaban J connectivity index is 1.63. The number of imide groups is 1. The highest BCUT2D eigenvalue weighted by Gasteiger charge is 2.40. The number of nitrogens with zero attached hydrogens (tertiary/aromatic N) is 4. The van der Waals surface area contributed by atoms with E-state index in [0.717, 1.165) is 28.7 Å². The number of urea groups is 1. The number of benzene rings is 1. The number of rotatable bonds is 11. The SMILES string of the molecule is CCC(NC)C(=O)NC(=O)N1C(CCN(CC)C(=O)CC(C)C)CCC1c1nc2c(-c3ccccc3)nccc2[nH]1. The maximum atomic E-state index is 13.7.